The molecule has 2 aliphatic carbocycles. The Balaban J connectivity index is 2.05. The second-order valence-electron chi connectivity index (χ2n) is 6.42. The van der Waals surface area contributed by atoms with E-state index in [-0.39, 0.29) is 29.5 Å². The number of carbonyl (C=O) groups excluding carboxylic acids is 1. The molecule has 0 heterocycles. The Labute approximate surface area is 139 Å². The number of rotatable bonds is 2. The number of ether oxygens (including phenoxy) is 1. The highest BCUT2D eigenvalue weighted by Crippen LogP contribution is 2.47. The van der Waals surface area contributed by atoms with E-state index >= 15 is 0 Å². The van der Waals surface area contributed by atoms with Gasteiger partial charge in [0.25, 0.3) is 0 Å². The van der Waals surface area contributed by atoms with Crippen molar-refractivity contribution in [3.05, 3.63) is 39.1 Å². The van der Waals surface area contributed by atoms with Gasteiger partial charge in [0.15, 0.2) is 5.78 Å². The van der Waals surface area contributed by atoms with Crippen LogP contribution in [-0.2, 0) is 9.53 Å². The Morgan fingerprint density at radius 2 is 1.82 bits per heavy atom. The highest BCUT2D eigenvalue weighted by Gasteiger charge is 2.46. The first kappa shape index (κ1) is 15.8. The highest BCUT2D eigenvalue weighted by molar-refractivity contribution is 9.10. The SMILES string of the molecule is COC1CCC2C(O)=C(c3c(C)cc(Br)cc3C)C(=O)C2C1. The molecular weight excluding hydrogens is 344 g/mol. The first-order valence-corrected chi connectivity index (χ1v) is 8.50. The zero-order chi connectivity index (χ0) is 16.0. The number of hydrogen-bond acceptors (Lipinski definition) is 3. The van der Waals surface area contributed by atoms with Crippen molar-refractivity contribution in [1.82, 2.24) is 0 Å². The lowest BCUT2D eigenvalue weighted by molar-refractivity contribution is -0.120. The fourth-order valence-electron chi connectivity index (χ4n) is 4.02. The molecule has 0 spiro atoms. The molecule has 0 amide bonds. The fraction of sp³-hybridized carbons (Fsp3) is 0.500. The van der Waals surface area contributed by atoms with E-state index in [1.54, 1.807) is 7.11 Å². The monoisotopic (exact) mass is 364 g/mol. The van der Waals surface area contributed by atoms with Crippen molar-refractivity contribution in [1.29, 1.82) is 0 Å². The third kappa shape index (κ3) is 2.42. The van der Waals surface area contributed by atoms with Gasteiger partial charge in [0.1, 0.15) is 5.76 Å². The minimum absolute atomic E-state index is 0.0312. The standard InChI is InChI=1S/C18H21BrO3/c1-9-6-11(19)7-10(2)15(9)16-17(20)13-5-4-12(22-3)8-14(13)18(16)21/h6-7,12-14,20H,4-5,8H2,1-3H3. The number of carbonyl (C=O) groups is 1. The van der Waals surface area contributed by atoms with Crippen molar-refractivity contribution in [3.8, 4) is 0 Å². The van der Waals surface area contributed by atoms with Gasteiger partial charge in [-0.1, -0.05) is 15.9 Å². The molecule has 118 valence electrons. The van der Waals surface area contributed by atoms with Gasteiger partial charge in [-0.2, -0.15) is 0 Å². The van der Waals surface area contributed by atoms with Gasteiger partial charge in [-0.15, -0.1) is 0 Å². The van der Waals surface area contributed by atoms with E-state index in [1.165, 1.54) is 0 Å². The van der Waals surface area contributed by atoms with Crippen molar-refractivity contribution in [2.24, 2.45) is 11.8 Å². The average molecular weight is 365 g/mol. The van der Waals surface area contributed by atoms with Crippen LogP contribution in [0.5, 0.6) is 0 Å². The first-order chi connectivity index (χ1) is 10.4. The maximum atomic E-state index is 12.9. The summed E-state index contributed by atoms with van der Waals surface area (Å²) in [5, 5.41) is 10.7. The largest absolute Gasteiger partial charge is 0.511 e. The molecule has 22 heavy (non-hydrogen) atoms. The number of Topliss-reactive ketones (excluding diaryl/α,β-unsaturated/α-hetero) is 1. The molecule has 3 nitrogen and oxygen atoms in total. The highest BCUT2D eigenvalue weighted by atomic mass is 79.9. The van der Waals surface area contributed by atoms with Crippen molar-refractivity contribution >= 4 is 27.3 Å². The van der Waals surface area contributed by atoms with E-state index in [0.29, 0.717) is 12.0 Å². The van der Waals surface area contributed by atoms with Gasteiger partial charge in [-0.25, -0.2) is 0 Å². The van der Waals surface area contributed by atoms with Crippen molar-refractivity contribution in [3.63, 3.8) is 0 Å². The van der Waals surface area contributed by atoms with Gasteiger partial charge in [0.2, 0.25) is 0 Å². The zero-order valence-electron chi connectivity index (χ0n) is 13.1. The van der Waals surface area contributed by atoms with Crippen LogP contribution in [0.3, 0.4) is 0 Å². The minimum atomic E-state index is -0.129. The Hall–Kier alpha value is -1.13. The molecule has 1 N–H and O–H groups in total. The van der Waals surface area contributed by atoms with Crippen LogP contribution >= 0.6 is 15.9 Å². The van der Waals surface area contributed by atoms with Crippen LogP contribution < -0.4 is 0 Å². The molecule has 2 aliphatic rings. The number of methoxy groups -OCH3 is 1. The number of hydrogen-bond donors (Lipinski definition) is 1. The molecule has 0 radical (unpaired) electrons. The fourth-order valence-corrected chi connectivity index (χ4v) is 4.70. The van der Waals surface area contributed by atoms with E-state index in [9.17, 15) is 9.90 Å². The van der Waals surface area contributed by atoms with Gasteiger partial charge in [0, 0.05) is 23.4 Å². The normalized spacial score (nSPS) is 28.2. The smallest absolute Gasteiger partial charge is 0.170 e. The lowest BCUT2D eigenvalue weighted by Crippen LogP contribution is -2.30. The van der Waals surface area contributed by atoms with Gasteiger partial charge < -0.3 is 9.84 Å². The van der Waals surface area contributed by atoms with Gasteiger partial charge in [-0.3, -0.25) is 4.79 Å². The van der Waals surface area contributed by atoms with Gasteiger partial charge >= 0.3 is 0 Å². The predicted octanol–water partition coefficient (Wildman–Crippen LogP) is 4.35. The Morgan fingerprint density at radius 3 is 2.41 bits per heavy atom. The van der Waals surface area contributed by atoms with E-state index in [2.05, 4.69) is 15.9 Å². The van der Waals surface area contributed by atoms with Crippen LogP contribution in [0.15, 0.2) is 22.4 Å². The summed E-state index contributed by atoms with van der Waals surface area (Å²) < 4.78 is 6.42. The maximum Gasteiger partial charge on any atom is 0.170 e. The Kier molecular flexibility index (Phi) is 4.17. The summed E-state index contributed by atoms with van der Waals surface area (Å²) in [5.74, 6) is 0.211. The molecule has 4 heteroatoms. The quantitative estimate of drug-likeness (QED) is 0.848. The number of aliphatic hydroxyl groups is 1. The van der Waals surface area contributed by atoms with E-state index in [4.69, 9.17) is 4.74 Å². The second-order valence-corrected chi connectivity index (χ2v) is 7.34. The summed E-state index contributed by atoms with van der Waals surface area (Å²) in [7, 11) is 1.70. The number of ketones is 1. The molecule has 1 saturated carbocycles. The Morgan fingerprint density at radius 1 is 1.18 bits per heavy atom. The summed E-state index contributed by atoms with van der Waals surface area (Å²) in [6, 6.07) is 3.99. The molecule has 3 atom stereocenters. The lowest BCUT2D eigenvalue weighted by Gasteiger charge is -2.30. The summed E-state index contributed by atoms with van der Waals surface area (Å²) in [5.41, 5.74) is 3.47. The lowest BCUT2D eigenvalue weighted by atomic mass is 9.78. The number of allylic oxidation sites excluding steroid dienone is 2. The topological polar surface area (TPSA) is 46.5 Å². The molecule has 3 unspecified atom stereocenters. The third-order valence-corrected chi connectivity index (χ3v) is 5.53. The van der Waals surface area contributed by atoms with Crippen LogP contribution in [0.2, 0.25) is 0 Å². The van der Waals surface area contributed by atoms with Crippen LogP contribution in [0, 0.1) is 25.7 Å². The van der Waals surface area contributed by atoms with Crippen LogP contribution in [0.1, 0.15) is 36.0 Å². The van der Waals surface area contributed by atoms with Crippen LogP contribution in [0.4, 0.5) is 0 Å². The number of halogens is 1. The zero-order valence-corrected chi connectivity index (χ0v) is 14.7. The number of benzene rings is 1. The van der Waals surface area contributed by atoms with Gasteiger partial charge in [-0.05, 0) is 61.9 Å². The average Bonchev–Trinajstić information content (AvgIpc) is 2.71. The number of fused-ring (bicyclic) bond motifs is 1. The molecule has 1 aromatic carbocycles. The molecule has 1 aromatic rings. The van der Waals surface area contributed by atoms with Crippen LogP contribution in [0.25, 0.3) is 5.57 Å². The number of aliphatic hydroxyl groups excluding tert-OH is 1. The molecule has 1 fully saturated rings. The third-order valence-electron chi connectivity index (χ3n) is 5.07. The van der Waals surface area contributed by atoms with Gasteiger partial charge in [0.05, 0.1) is 11.7 Å². The van der Waals surface area contributed by atoms with Crippen molar-refractivity contribution < 1.29 is 14.6 Å². The predicted molar refractivity (Wildman–Crippen MR) is 89.8 cm³/mol. The molecule has 0 saturated heterocycles. The van der Waals surface area contributed by atoms with E-state index in [0.717, 1.165) is 34.0 Å². The summed E-state index contributed by atoms with van der Waals surface area (Å²) in [4.78, 5) is 12.9. The first-order valence-electron chi connectivity index (χ1n) is 7.71. The Bertz CT molecular complexity index is 639. The minimum Gasteiger partial charge on any atom is -0.511 e. The van der Waals surface area contributed by atoms with Crippen LogP contribution in [-0.4, -0.2) is 24.1 Å². The summed E-state index contributed by atoms with van der Waals surface area (Å²) in [6.45, 7) is 3.97. The second kappa shape index (κ2) is 5.82. The molecule has 0 bridgehead atoms. The number of aryl methyl sites for hydroxylation is 2. The van der Waals surface area contributed by atoms with E-state index in [1.807, 2.05) is 26.0 Å². The van der Waals surface area contributed by atoms with E-state index < -0.39 is 0 Å². The summed E-state index contributed by atoms with van der Waals surface area (Å²) in [6.07, 6.45) is 2.56. The van der Waals surface area contributed by atoms with Crippen molar-refractivity contribution in [2.45, 2.75) is 39.2 Å². The summed E-state index contributed by atoms with van der Waals surface area (Å²) >= 11 is 3.48. The molecular formula is C18H21BrO3. The molecule has 0 aromatic heterocycles. The maximum absolute atomic E-state index is 12.9. The molecule has 0 aliphatic heterocycles. The van der Waals surface area contributed by atoms with Crippen molar-refractivity contribution in [2.75, 3.05) is 7.11 Å². The molecule has 3 rings (SSSR count).